The molecule has 1 aliphatic carbocycles. The Bertz CT molecular complexity index is 1250. The topological polar surface area (TPSA) is 118 Å². The lowest BCUT2D eigenvalue weighted by molar-refractivity contribution is -0.153. The van der Waals surface area contributed by atoms with E-state index in [2.05, 4.69) is 0 Å². The summed E-state index contributed by atoms with van der Waals surface area (Å²) in [6.45, 7) is 1.05. The fourth-order valence-electron chi connectivity index (χ4n) is 3.70. The van der Waals surface area contributed by atoms with Crippen LogP contribution in [-0.2, 0) is 29.1 Å². The van der Waals surface area contributed by atoms with Crippen molar-refractivity contribution in [2.75, 3.05) is 4.31 Å². The number of halogens is 2. The van der Waals surface area contributed by atoms with Gasteiger partial charge >= 0.3 is 11.9 Å². The summed E-state index contributed by atoms with van der Waals surface area (Å²) in [4.78, 5) is 37.3. The SMILES string of the molecule is CC(=O)OC(C(=O)N(c1ccc(F)cc1Cl)S(=O)(=O)C1CCCC=C1C(=O)O)c1ccccc1. The van der Waals surface area contributed by atoms with E-state index >= 15 is 0 Å². The molecule has 180 valence electrons. The number of esters is 1. The third-order valence-corrected chi connectivity index (χ3v) is 7.58. The van der Waals surface area contributed by atoms with Crippen LogP contribution >= 0.6 is 11.6 Å². The van der Waals surface area contributed by atoms with Crippen molar-refractivity contribution in [1.29, 1.82) is 0 Å². The molecule has 1 N–H and O–H groups in total. The number of carbonyl (C=O) groups is 3. The number of carboxylic acid groups (broad SMARTS) is 1. The molecule has 1 amide bonds. The standard InChI is InChI=1S/C23H21ClFNO7S/c1-14(27)33-21(15-7-3-2-4-8-15)22(28)26(19-12-11-16(25)13-18(19)24)34(31,32)20-10-6-5-9-17(20)23(29)30/h2-4,7-9,11-13,20-21H,5-6,10H2,1H3,(H,29,30). The monoisotopic (exact) mass is 509 g/mol. The van der Waals surface area contributed by atoms with Gasteiger partial charge in [-0.3, -0.25) is 9.59 Å². The van der Waals surface area contributed by atoms with E-state index in [-0.39, 0.29) is 17.6 Å². The van der Waals surface area contributed by atoms with Gasteiger partial charge in [0.05, 0.1) is 16.3 Å². The number of carboxylic acids is 1. The number of carbonyl (C=O) groups excluding carboxylic acids is 2. The summed E-state index contributed by atoms with van der Waals surface area (Å²) in [5.41, 5.74) is -0.596. The number of anilines is 1. The number of amides is 1. The van der Waals surface area contributed by atoms with Crippen LogP contribution in [0.1, 0.15) is 37.9 Å². The van der Waals surface area contributed by atoms with E-state index in [4.69, 9.17) is 16.3 Å². The Kier molecular flexibility index (Phi) is 7.73. The van der Waals surface area contributed by atoms with Crippen molar-refractivity contribution >= 4 is 45.2 Å². The summed E-state index contributed by atoms with van der Waals surface area (Å²) >= 11 is 6.13. The lowest BCUT2D eigenvalue weighted by Gasteiger charge is -2.32. The van der Waals surface area contributed by atoms with E-state index in [9.17, 15) is 32.3 Å². The van der Waals surface area contributed by atoms with E-state index in [1.807, 2.05) is 0 Å². The fourth-order valence-corrected chi connectivity index (χ4v) is 6.02. The highest BCUT2D eigenvalue weighted by Crippen LogP contribution is 2.37. The zero-order valence-electron chi connectivity index (χ0n) is 18.0. The smallest absolute Gasteiger partial charge is 0.332 e. The summed E-state index contributed by atoms with van der Waals surface area (Å²) in [6, 6.07) is 10.4. The van der Waals surface area contributed by atoms with Crippen LogP contribution in [0.3, 0.4) is 0 Å². The Labute approximate surface area is 200 Å². The Morgan fingerprint density at radius 2 is 1.85 bits per heavy atom. The van der Waals surface area contributed by atoms with Crippen molar-refractivity contribution in [2.45, 2.75) is 37.5 Å². The number of benzene rings is 2. The van der Waals surface area contributed by atoms with E-state index < -0.39 is 55.8 Å². The molecule has 0 heterocycles. The van der Waals surface area contributed by atoms with E-state index in [1.54, 1.807) is 18.2 Å². The molecule has 2 aromatic rings. The maximum Gasteiger partial charge on any atom is 0.332 e. The van der Waals surface area contributed by atoms with Crippen LogP contribution in [0.4, 0.5) is 10.1 Å². The molecule has 0 fully saturated rings. The van der Waals surface area contributed by atoms with Crippen molar-refractivity contribution in [3.05, 3.63) is 76.6 Å². The highest BCUT2D eigenvalue weighted by Gasteiger charge is 2.45. The number of rotatable bonds is 7. The molecule has 3 rings (SSSR count). The third-order valence-electron chi connectivity index (χ3n) is 5.18. The third kappa shape index (κ3) is 5.28. The second kappa shape index (κ2) is 10.4. The molecule has 2 aromatic carbocycles. The Balaban J connectivity index is 2.22. The van der Waals surface area contributed by atoms with Gasteiger partial charge in [-0.2, -0.15) is 0 Å². The minimum absolute atomic E-state index is 0.0629. The Hall–Kier alpha value is -3.24. The zero-order chi connectivity index (χ0) is 25.0. The van der Waals surface area contributed by atoms with Crippen LogP contribution in [0.2, 0.25) is 5.02 Å². The van der Waals surface area contributed by atoms with Gasteiger partial charge in [-0.15, -0.1) is 0 Å². The van der Waals surface area contributed by atoms with Crippen LogP contribution in [-0.4, -0.2) is 36.6 Å². The second-order valence-corrected chi connectivity index (χ2v) is 9.90. The van der Waals surface area contributed by atoms with Crippen molar-refractivity contribution in [3.63, 3.8) is 0 Å². The van der Waals surface area contributed by atoms with Gasteiger partial charge in [-0.05, 0) is 37.5 Å². The highest BCUT2D eigenvalue weighted by atomic mass is 35.5. The van der Waals surface area contributed by atoms with Gasteiger partial charge in [0.2, 0.25) is 16.1 Å². The van der Waals surface area contributed by atoms with Gasteiger partial charge in [0, 0.05) is 12.5 Å². The fraction of sp³-hybridized carbons (Fsp3) is 0.261. The van der Waals surface area contributed by atoms with Gasteiger partial charge in [0.25, 0.3) is 5.91 Å². The van der Waals surface area contributed by atoms with Crippen molar-refractivity contribution < 1.29 is 37.0 Å². The maximum absolute atomic E-state index is 13.8. The molecule has 1 aliphatic rings. The highest BCUT2D eigenvalue weighted by molar-refractivity contribution is 7.94. The molecular weight excluding hydrogens is 489 g/mol. The molecule has 2 unspecified atom stereocenters. The molecule has 11 heteroatoms. The van der Waals surface area contributed by atoms with E-state index in [0.29, 0.717) is 17.1 Å². The predicted octanol–water partition coefficient (Wildman–Crippen LogP) is 4.01. The normalized spacial score (nSPS) is 16.8. The van der Waals surface area contributed by atoms with Crippen LogP contribution in [0.5, 0.6) is 0 Å². The lowest BCUT2D eigenvalue weighted by Crippen LogP contribution is -2.47. The Morgan fingerprint density at radius 3 is 2.44 bits per heavy atom. The molecule has 0 aliphatic heterocycles. The number of nitrogens with zero attached hydrogens (tertiary/aromatic N) is 1. The van der Waals surface area contributed by atoms with Crippen molar-refractivity contribution in [2.24, 2.45) is 0 Å². The first-order valence-electron chi connectivity index (χ1n) is 10.2. The molecule has 0 saturated heterocycles. The summed E-state index contributed by atoms with van der Waals surface area (Å²) in [5, 5.41) is 7.61. The summed E-state index contributed by atoms with van der Waals surface area (Å²) < 4.78 is 46.9. The molecule has 2 atom stereocenters. The number of aliphatic carboxylic acids is 1. The first-order chi connectivity index (χ1) is 16.0. The quantitative estimate of drug-likeness (QED) is 0.560. The zero-order valence-corrected chi connectivity index (χ0v) is 19.6. The van der Waals surface area contributed by atoms with Crippen LogP contribution in [0, 0.1) is 5.82 Å². The van der Waals surface area contributed by atoms with E-state index in [1.165, 1.54) is 18.2 Å². The van der Waals surface area contributed by atoms with Crippen molar-refractivity contribution in [1.82, 2.24) is 0 Å². The average Bonchev–Trinajstić information content (AvgIpc) is 2.79. The number of ether oxygens (including phenoxy) is 1. The second-order valence-electron chi connectivity index (χ2n) is 7.53. The molecule has 34 heavy (non-hydrogen) atoms. The summed E-state index contributed by atoms with van der Waals surface area (Å²) in [5.74, 6) is -4.27. The molecule has 0 radical (unpaired) electrons. The summed E-state index contributed by atoms with van der Waals surface area (Å²) in [6.07, 6.45) is 0.275. The molecule has 0 saturated carbocycles. The van der Waals surface area contributed by atoms with Gasteiger partial charge < -0.3 is 9.84 Å². The maximum atomic E-state index is 13.8. The molecule has 8 nitrogen and oxygen atoms in total. The molecular formula is C23H21ClFNO7S. The predicted molar refractivity (Wildman–Crippen MR) is 122 cm³/mol. The number of sulfonamides is 1. The van der Waals surface area contributed by atoms with Crippen LogP contribution in [0.25, 0.3) is 0 Å². The van der Waals surface area contributed by atoms with Gasteiger partial charge in [0.1, 0.15) is 11.1 Å². The number of allylic oxidation sites excluding steroid dienone is 1. The van der Waals surface area contributed by atoms with Crippen LogP contribution < -0.4 is 4.31 Å². The van der Waals surface area contributed by atoms with Crippen LogP contribution in [0.15, 0.2) is 60.2 Å². The minimum atomic E-state index is -4.76. The minimum Gasteiger partial charge on any atom is -0.478 e. The number of hydrogen-bond acceptors (Lipinski definition) is 6. The van der Waals surface area contributed by atoms with Crippen molar-refractivity contribution in [3.8, 4) is 0 Å². The first-order valence-corrected chi connectivity index (χ1v) is 12.1. The summed E-state index contributed by atoms with van der Waals surface area (Å²) in [7, 11) is -4.76. The molecule has 0 spiro atoms. The van der Waals surface area contributed by atoms with Gasteiger partial charge in [-0.25, -0.2) is 21.9 Å². The Morgan fingerprint density at radius 1 is 1.18 bits per heavy atom. The largest absolute Gasteiger partial charge is 0.478 e. The molecule has 0 aromatic heterocycles. The average molecular weight is 510 g/mol. The molecule has 0 bridgehead atoms. The first kappa shape index (κ1) is 25.4. The van der Waals surface area contributed by atoms with Gasteiger partial charge in [-0.1, -0.05) is 48.0 Å². The van der Waals surface area contributed by atoms with E-state index in [0.717, 1.165) is 25.1 Å². The number of hydrogen-bond donors (Lipinski definition) is 1. The van der Waals surface area contributed by atoms with Gasteiger partial charge in [0.15, 0.2) is 0 Å². The lowest BCUT2D eigenvalue weighted by atomic mass is 9.99.